The van der Waals surface area contributed by atoms with Gasteiger partial charge in [0.05, 0.1) is 10.8 Å². The van der Waals surface area contributed by atoms with Gasteiger partial charge in [-0.1, -0.05) is 11.6 Å². The van der Waals surface area contributed by atoms with E-state index in [1.54, 1.807) is 12.4 Å². The van der Waals surface area contributed by atoms with Crippen molar-refractivity contribution in [1.29, 1.82) is 0 Å². The molecule has 0 saturated carbocycles. The van der Waals surface area contributed by atoms with E-state index in [2.05, 4.69) is 25.9 Å². The van der Waals surface area contributed by atoms with E-state index in [4.69, 9.17) is 11.6 Å². The molecule has 13 heavy (non-hydrogen) atoms. The summed E-state index contributed by atoms with van der Waals surface area (Å²) >= 11 is 9.04. The van der Waals surface area contributed by atoms with Gasteiger partial charge in [-0.05, 0) is 28.1 Å². The maximum atomic E-state index is 5.71. The summed E-state index contributed by atoms with van der Waals surface area (Å²) in [5.41, 5.74) is 0. The summed E-state index contributed by atoms with van der Waals surface area (Å²) in [6.45, 7) is 0. The van der Waals surface area contributed by atoms with Crippen LogP contribution in [0.4, 0.5) is 5.82 Å². The molecule has 0 amide bonds. The van der Waals surface area contributed by atoms with Gasteiger partial charge in [0, 0.05) is 14.1 Å². The monoisotopic (exact) mass is 261 g/mol. The Balaban J connectivity index is 2.93. The maximum Gasteiger partial charge on any atom is 0.169 e. The summed E-state index contributed by atoms with van der Waals surface area (Å²) in [5, 5.41) is 0.439. The van der Waals surface area contributed by atoms with Crippen molar-refractivity contribution in [3.8, 4) is 0 Å². The fourth-order valence-corrected chi connectivity index (χ4v) is 1.14. The van der Waals surface area contributed by atoms with E-state index in [1.165, 1.54) is 0 Å². The SMILES string of the molecule is CN(C)C=Nc1nc(Cl)ccc1Br. The van der Waals surface area contributed by atoms with Gasteiger partial charge < -0.3 is 4.90 Å². The van der Waals surface area contributed by atoms with Crippen LogP contribution >= 0.6 is 27.5 Å². The van der Waals surface area contributed by atoms with Crippen LogP contribution in [0.3, 0.4) is 0 Å². The molecule has 0 N–H and O–H groups in total. The lowest BCUT2D eigenvalue weighted by Crippen LogP contribution is -2.07. The summed E-state index contributed by atoms with van der Waals surface area (Å²) in [7, 11) is 3.78. The highest BCUT2D eigenvalue weighted by Gasteiger charge is 1.99. The van der Waals surface area contributed by atoms with Crippen LogP contribution < -0.4 is 0 Å². The third kappa shape index (κ3) is 3.32. The van der Waals surface area contributed by atoms with E-state index in [-0.39, 0.29) is 0 Å². The van der Waals surface area contributed by atoms with Gasteiger partial charge in [-0.15, -0.1) is 0 Å². The van der Waals surface area contributed by atoms with Crippen LogP contribution in [0.25, 0.3) is 0 Å². The van der Waals surface area contributed by atoms with Gasteiger partial charge in [0.25, 0.3) is 0 Å². The molecule has 0 aliphatic carbocycles. The van der Waals surface area contributed by atoms with Gasteiger partial charge in [-0.2, -0.15) is 0 Å². The minimum atomic E-state index is 0.439. The summed E-state index contributed by atoms with van der Waals surface area (Å²) in [6.07, 6.45) is 1.67. The van der Waals surface area contributed by atoms with E-state index >= 15 is 0 Å². The van der Waals surface area contributed by atoms with Crippen molar-refractivity contribution in [3.05, 3.63) is 21.8 Å². The second-order valence-electron chi connectivity index (χ2n) is 2.65. The average Bonchev–Trinajstić information content (AvgIpc) is 2.06. The molecule has 0 radical (unpaired) electrons. The fraction of sp³-hybridized carbons (Fsp3) is 0.250. The van der Waals surface area contributed by atoms with E-state index in [0.717, 1.165) is 4.47 Å². The molecule has 3 nitrogen and oxygen atoms in total. The van der Waals surface area contributed by atoms with Crippen LogP contribution in [0.2, 0.25) is 5.15 Å². The summed E-state index contributed by atoms with van der Waals surface area (Å²) in [6, 6.07) is 3.53. The predicted octanol–water partition coefficient (Wildman–Crippen LogP) is 2.72. The summed E-state index contributed by atoms with van der Waals surface area (Å²) in [4.78, 5) is 9.99. The standard InChI is InChI=1S/C8H9BrClN3/c1-13(2)5-11-8-6(9)3-4-7(10)12-8/h3-5H,1-2H3. The predicted molar refractivity (Wildman–Crippen MR) is 58.8 cm³/mol. The Hall–Kier alpha value is -0.610. The van der Waals surface area contributed by atoms with E-state index in [9.17, 15) is 0 Å². The number of nitrogens with zero attached hydrogens (tertiary/aromatic N) is 3. The van der Waals surface area contributed by atoms with Crippen molar-refractivity contribution in [2.45, 2.75) is 0 Å². The molecule has 0 aromatic carbocycles. The number of pyridine rings is 1. The lowest BCUT2D eigenvalue weighted by molar-refractivity contribution is 0.643. The largest absolute Gasteiger partial charge is 0.369 e. The molecule has 0 atom stereocenters. The highest BCUT2D eigenvalue weighted by molar-refractivity contribution is 9.10. The van der Waals surface area contributed by atoms with Crippen molar-refractivity contribution in [2.24, 2.45) is 4.99 Å². The molecule has 5 heteroatoms. The first-order valence-electron chi connectivity index (χ1n) is 3.62. The van der Waals surface area contributed by atoms with Crippen LogP contribution in [-0.4, -0.2) is 30.3 Å². The van der Waals surface area contributed by atoms with Crippen LogP contribution in [0.5, 0.6) is 0 Å². The Morgan fingerprint density at radius 2 is 2.23 bits per heavy atom. The van der Waals surface area contributed by atoms with Crippen molar-refractivity contribution < 1.29 is 0 Å². The minimum Gasteiger partial charge on any atom is -0.369 e. The quantitative estimate of drug-likeness (QED) is 0.466. The molecule has 0 bridgehead atoms. The third-order valence-electron chi connectivity index (χ3n) is 1.20. The minimum absolute atomic E-state index is 0.439. The zero-order valence-electron chi connectivity index (χ0n) is 7.33. The van der Waals surface area contributed by atoms with Crippen LogP contribution in [0.1, 0.15) is 0 Å². The van der Waals surface area contributed by atoms with Gasteiger partial charge in [0.2, 0.25) is 0 Å². The van der Waals surface area contributed by atoms with Crippen LogP contribution in [0.15, 0.2) is 21.6 Å². The lowest BCUT2D eigenvalue weighted by atomic mass is 10.5. The van der Waals surface area contributed by atoms with Crippen LogP contribution in [0, 0.1) is 0 Å². The van der Waals surface area contributed by atoms with Crippen molar-refractivity contribution in [1.82, 2.24) is 9.88 Å². The maximum absolute atomic E-state index is 5.71. The first-order valence-corrected chi connectivity index (χ1v) is 4.79. The molecule has 0 aliphatic heterocycles. The molecule has 1 aromatic rings. The van der Waals surface area contributed by atoms with Crippen molar-refractivity contribution in [3.63, 3.8) is 0 Å². The first kappa shape index (κ1) is 10.5. The zero-order chi connectivity index (χ0) is 9.84. The average molecular weight is 263 g/mol. The normalized spacial score (nSPS) is 10.8. The molecule has 1 aromatic heterocycles. The highest BCUT2D eigenvalue weighted by Crippen LogP contribution is 2.24. The molecule has 0 saturated heterocycles. The molecule has 0 unspecified atom stereocenters. The Kier molecular flexibility index (Phi) is 3.69. The van der Waals surface area contributed by atoms with Crippen molar-refractivity contribution in [2.75, 3.05) is 14.1 Å². The number of aromatic nitrogens is 1. The van der Waals surface area contributed by atoms with E-state index in [1.807, 2.05) is 25.1 Å². The molecule has 0 aliphatic rings. The van der Waals surface area contributed by atoms with Crippen LogP contribution in [-0.2, 0) is 0 Å². The van der Waals surface area contributed by atoms with E-state index in [0.29, 0.717) is 11.0 Å². The van der Waals surface area contributed by atoms with Gasteiger partial charge in [0.15, 0.2) is 5.82 Å². The summed E-state index contributed by atoms with van der Waals surface area (Å²) in [5.74, 6) is 0.584. The second kappa shape index (κ2) is 4.58. The molecular weight excluding hydrogens is 253 g/mol. The fourth-order valence-electron chi connectivity index (χ4n) is 0.669. The molecule has 70 valence electrons. The topological polar surface area (TPSA) is 28.5 Å². The Morgan fingerprint density at radius 1 is 1.54 bits per heavy atom. The lowest BCUT2D eigenvalue weighted by Gasteiger charge is -2.02. The van der Waals surface area contributed by atoms with Crippen molar-refractivity contribution >= 4 is 39.7 Å². The van der Waals surface area contributed by atoms with E-state index < -0.39 is 0 Å². The number of hydrogen-bond donors (Lipinski definition) is 0. The first-order chi connectivity index (χ1) is 6.09. The second-order valence-corrected chi connectivity index (χ2v) is 3.89. The molecule has 1 rings (SSSR count). The molecule has 0 fully saturated rings. The number of hydrogen-bond acceptors (Lipinski definition) is 2. The van der Waals surface area contributed by atoms with Gasteiger partial charge in [0.1, 0.15) is 5.15 Å². The summed E-state index contributed by atoms with van der Waals surface area (Å²) < 4.78 is 0.829. The highest BCUT2D eigenvalue weighted by atomic mass is 79.9. The number of rotatable bonds is 2. The van der Waals surface area contributed by atoms with Gasteiger partial charge in [-0.3, -0.25) is 0 Å². The molecule has 0 spiro atoms. The Morgan fingerprint density at radius 3 is 2.85 bits per heavy atom. The smallest absolute Gasteiger partial charge is 0.169 e. The number of aliphatic imine (C=N–C) groups is 1. The zero-order valence-corrected chi connectivity index (χ0v) is 9.67. The Bertz CT molecular complexity index is 325. The van der Waals surface area contributed by atoms with Gasteiger partial charge in [-0.25, -0.2) is 9.98 Å². The third-order valence-corrected chi connectivity index (χ3v) is 2.03. The molecule has 1 heterocycles. The molecular formula is C8H9BrClN3. The number of halogens is 2. The Labute approximate surface area is 90.6 Å². The van der Waals surface area contributed by atoms with Gasteiger partial charge >= 0.3 is 0 Å².